The molecule has 3 nitrogen and oxygen atoms in total. The molecule has 0 spiro atoms. The fourth-order valence-electron chi connectivity index (χ4n) is 4.07. The maximum atomic E-state index is 13.5. The first-order valence-electron chi connectivity index (χ1n) is 8.57. The quantitative estimate of drug-likeness (QED) is 0.909. The number of nitrogens with one attached hydrogen (secondary N) is 1. The molecular formula is C18H24FN3. The summed E-state index contributed by atoms with van der Waals surface area (Å²) < 4.78 is 13.5. The second-order valence-electron chi connectivity index (χ2n) is 6.68. The second-order valence-corrected chi connectivity index (χ2v) is 6.68. The molecule has 0 radical (unpaired) electrons. The van der Waals surface area contributed by atoms with Crippen LogP contribution in [0.15, 0.2) is 24.4 Å². The number of fused-ring (bicyclic) bond motifs is 1. The first-order valence-corrected chi connectivity index (χ1v) is 8.57. The molecule has 0 saturated carbocycles. The number of hydrazine groups is 1. The highest BCUT2D eigenvalue weighted by Crippen LogP contribution is 2.34. The summed E-state index contributed by atoms with van der Waals surface area (Å²) in [6, 6.07) is 5.05. The van der Waals surface area contributed by atoms with E-state index >= 15 is 0 Å². The van der Waals surface area contributed by atoms with Gasteiger partial charge in [0.1, 0.15) is 5.82 Å². The van der Waals surface area contributed by atoms with Crippen molar-refractivity contribution in [2.45, 2.75) is 38.0 Å². The van der Waals surface area contributed by atoms with Crippen molar-refractivity contribution in [2.24, 2.45) is 0 Å². The largest absolute Gasteiger partial charge is 0.361 e. The normalized spacial score (nSPS) is 22.4. The predicted molar refractivity (Wildman–Crippen MR) is 87.2 cm³/mol. The van der Waals surface area contributed by atoms with Crippen molar-refractivity contribution in [1.29, 1.82) is 0 Å². The fraction of sp³-hybridized carbons (Fsp3) is 0.556. The van der Waals surface area contributed by atoms with Crippen LogP contribution in [0.25, 0.3) is 10.9 Å². The summed E-state index contributed by atoms with van der Waals surface area (Å²) in [6.07, 6.45) is 8.47. The Bertz CT molecular complexity index is 637. The van der Waals surface area contributed by atoms with Crippen molar-refractivity contribution in [1.82, 2.24) is 15.0 Å². The molecule has 1 aromatic carbocycles. The zero-order valence-electron chi connectivity index (χ0n) is 13.0. The molecule has 0 unspecified atom stereocenters. The van der Waals surface area contributed by atoms with Gasteiger partial charge in [-0.1, -0.05) is 6.42 Å². The van der Waals surface area contributed by atoms with E-state index in [1.54, 1.807) is 6.07 Å². The Morgan fingerprint density at radius 2 is 1.68 bits per heavy atom. The SMILES string of the molecule is Fc1ccc2[nH]cc(C3CCN(N4CCCCC4)CC3)c2c1. The van der Waals surface area contributed by atoms with Crippen LogP contribution in [0.2, 0.25) is 0 Å². The molecule has 1 aromatic heterocycles. The van der Waals surface area contributed by atoms with Gasteiger partial charge >= 0.3 is 0 Å². The van der Waals surface area contributed by atoms with Crippen LogP contribution in [-0.4, -0.2) is 41.2 Å². The molecule has 0 aliphatic carbocycles. The molecule has 0 amide bonds. The van der Waals surface area contributed by atoms with Crippen LogP contribution in [0.4, 0.5) is 4.39 Å². The lowest BCUT2D eigenvalue weighted by molar-refractivity contribution is -0.0552. The van der Waals surface area contributed by atoms with Crippen molar-refractivity contribution in [2.75, 3.05) is 26.2 Å². The summed E-state index contributed by atoms with van der Waals surface area (Å²) in [5.41, 5.74) is 2.35. The minimum atomic E-state index is -0.140. The maximum absolute atomic E-state index is 13.5. The molecule has 2 fully saturated rings. The number of H-pyrrole nitrogens is 1. The summed E-state index contributed by atoms with van der Waals surface area (Å²) in [5, 5.41) is 6.16. The highest BCUT2D eigenvalue weighted by Gasteiger charge is 2.26. The zero-order chi connectivity index (χ0) is 14.9. The number of aromatic amines is 1. The van der Waals surface area contributed by atoms with E-state index in [9.17, 15) is 4.39 Å². The Morgan fingerprint density at radius 3 is 2.45 bits per heavy atom. The number of rotatable bonds is 2. The van der Waals surface area contributed by atoms with Crippen LogP contribution < -0.4 is 0 Å². The number of aromatic nitrogens is 1. The molecule has 2 aliphatic heterocycles. The third-order valence-electron chi connectivity index (χ3n) is 5.32. The maximum Gasteiger partial charge on any atom is 0.123 e. The smallest absolute Gasteiger partial charge is 0.123 e. The minimum absolute atomic E-state index is 0.140. The van der Waals surface area contributed by atoms with E-state index in [2.05, 4.69) is 21.2 Å². The van der Waals surface area contributed by atoms with Gasteiger partial charge in [0.15, 0.2) is 0 Å². The molecule has 22 heavy (non-hydrogen) atoms. The van der Waals surface area contributed by atoms with E-state index in [0.717, 1.165) is 24.0 Å². The van der Waals surface area contributed by atoms with E-state index in [1.165, 1.54) is 56.8 Å². The van der Waals surface area contributed by atoms with Gasteiger partial charge in [0.25, 0.3) is 0 Å². The highest BCUT2D eigenvalue weighted by atomic mass is 19.1. The Hall–Kier alpha value is -1.39. The third kappa shape index (κ3) is 2.66. The molecule has 4 rings (SSSR count). The lowest BCUT2D eigenvalue weighted by Crippen LogP contribution is -2.48. The van der Waals surface area contributed by atoms with Crippen molar-refractivity contribution >= 4 is 10.9 Å². The van der Waals surface area contributed by atoms with E-state index < -0.39 is 0 Å². The Labute approximate surface area is 131 Å². The van der Waals surface area contributed by atoms with Crippen molar-refractivity contribution in [3.05, 3.63) is 35.8 Å². The number of hydrogen-bond acceptors (Lipinski definition) is 2. The van der Waals surface area contributed by atoms with Gasteiger partial charge in [-0.15, -0.1) is 0 Å². The van der Waals surface area contributed by atoms with Gasteiger partial charge in [0, 0.05) is 43.3 Å². The van der Waals surface area contributed by atoms with Crippen LogP contribution in [0, 0.1) is 5.82 Å². The zero-order valence-corrected chi connectivity index (χ0v) is 13.0. The fourth-order valence-corrected chi connectivity index (χ4v) is 4.07. The lowest BCUT2D eigenvalue weighted by atomic mass is 9.89. The molecule has 2 saturated heterocycles. The number of nitrogens with zero attached hydrogens (tertiary/aromatic N) is 2. The number of hydrogen-bond donors (Lipinski definition) is 1. The van der Waals surface area contributed by atoms with E-state index in [4.69, 9.17) is 0 Å². The molecule has 0 atom stereocenters. The van der Waals surface area contributed by atoms with Crippen molar-refractivity contribution in [3.63, 3.8) is 0 Å². The topological polar surface area (TPSA) is 22.3 Å². The lowest BCUT2D eigenvalue weighted by Gasteiger charge is -2.41. The number of piperidine rings is 2. The van der Waals surface area contributed by atoms with Gasteiger partial charge in [-0.25, -0.2) is 14.4 Å². The van der Waals surface area contributed by atoms with Crippen LogP contribution in [0.5, 0.6) is 0 Å². The van der Waals surface area contributed by atoms with Crippen LogP contribution in [-0.2, 0) is 0 Å². The third-order valence-corrected chi connectivity index (χ3v) is 5.32. The summed E-state index contributed by atoms with van der Waals surface area (Å²) in [6.45, 7) is 4.71. The minimum Gasteiger partial charge on any atom is -0.361 e. The molecule has 2 aliphatic rings. The summed E-state index contributed by atoms with van der Waals surface area (Å²) in [5.74, 6) is 0.413. The molecular weight excluding hydrogens is 277 g/mol. The van der Waals surface area contributed by atoms with Crippen molar-refractivity contribution < 1.29 is 4.39 Å². The first-order chi connectivity index (χ1) is 10.8. The molecule has 118 valence electrons. The average Bonchev–Trinajstić information content (AvgIpc) is 2.99. The van der Waals surface area contributed by atoms with Gasteiger partial charge in [-0.05, 0) is 55.4 Å². The van der Waals surface area contributed by atoms with Gasteiger partial charge < -0.3 is 4.98 Å². The second kappa shape index (κ2) is 6.01. The number of benzene rings is 1. The number of halogens is 1. The molecule has 1 N–H and O–H groups in total. The van der Waals surface area contributed by atoms with Gasteiger partial charge in [-0.3, -0.25) is 0 Å². The molecule has 2 aromatic rings. The summed E-state index contributed by atoms with van der Waals surface area (Å²) in [7, 11) is 0. The predicted octanol–water partition coefficient (Wildman–Crippen LogP) is 3.89. The van der Waals surface area contributed by atoms with Gasteiger partial charge in [-0.2, -0.15) is 0 Å². The average molecular weight is 301 g/mol. The van der Waals surface area contributed by atoms with Crippen LogP contribution >= 0.6 is 0 Å². The summed E-state index contributed by atoms with van der Waals surface area (Å²) >= 11 is 0. The van der Waals surface area contributed by atoms with E-state index in [1.807, 2.05) is 6.07 Å². The van der Waals surface area contributed by atoms with Crippen molar-refractivity contribution in [3.8, 4) is 0 Å². The Kier molecular flexibility index (Phi) is 3.89. The Morgan fingerprint density at radius 1 is 0.955 bits per heavy atom. The van der Waals surface area contributed by atoms with Crippen LogP contribution in [0.1, 0.15) is 43.6 Å². The monoisotopic (exact) mass is 301 g/mol. The first kappa shape index (κ1) is 14.2. The molecule has 3 heterocycles. The molecule has 4 heteroatoms. The van der Waals surface area contributed by atoms with E-state index in [-0.39, 0.29) is 5.82 Å². The summed E-state index contributed by atoms with van der Waals surface area (Å²) in [4.78, 5) is 3.30. The van der Waals surface area contributed by atoms with E-state index in [0.29, 0.717) is 5.92 Å². The molecule has 0 bridgehead atoms. The van der Waals surface area contributed by atoms with Gasteiger partial charge in [0.05, 0.1) is 0 Å². The van der Waals surface area contributed by atoms with Gasteiger partial charge in [0.2, 0.25) is 0 Å². The van der Waals surface area contributed by atoms with Crippen LogP contribution in [0.3, 0.4) is 0 Å². The Balaban J connectivity index is 1.47. The standard InChI is InChI=1S/C18H24FN3/c19-15-4-5-18-16(12-15)17(13-20-18)14-6-10-22(11-7-14)21-8-2-1-3-9-21/h4-5,12-14,20H,1-3,6-11H2. The highest BCUT2D eigenvalue weighted by molar-refractivity contribution is 5.83.